The largest absolute Gasteiger partial charge is 0.325 e. The minimum atomic E-state index is -0.0371. The molecule has 0 heterocycles. The van der Waals surface area contributed by atoms with E-state index >= 15 is 0 Å². The van der Waals surface area contributed by atoms with Gasteiger partial charge in [-0.1, -0.05) is 17.7 Å². The second kappa shape index (κ2) is 5.12. The molecule has 3 nitrogen and oxygen atoms in total. The van der Waals surface area contributed by atoms with E-state index in [2.05, 4.69) is 10.6 Å². The van der Waals surface area contributed by atoms with E-state index in [0.717, 1.165) is 5.69 Å². The molecule has 0 aliphatic carbocycles. The second-order valence-corrected chi connectivity index (χ2v) is 5.02. The summed E-state index contributed by atoms with van der Waals surface area (Å²) >= 11 is 0. The summed E-state index contributed by atoms with van der Waals surface area (Å²) in [7, 11) is 0. The fraction of sp³-hybridized carbons (Fsp3) is 0.462. The molecule has 1 amide bonds. The van der Waals surface area contributed by atoms with E-state index in [1.54, 1.807) is 0 Å². The fourth-order valence-electron chi connectivity index (χ4n) is 1.19. The van der Waals surface area contributed by atoms with E-state index in [-0.39, 0.29) is 11.4 Å². The number of carbonyl (C=O) groups excluding carboxylic acids is 1. The number of hydrogen-bond acceptors (Lipinski definition) is 2. The third kappa shape index (κ3) is 4.94. The SMILES string of the molecule is Cc1ccc(NC(=O)CNC(C)(C)C)cc1. The molecule has 0 radical (unpaired) electrons. The Morgan fingerprint density at radius 3 is 2.25 bits per heavy atom. The molecule has 0 fully saturated rings. The highest BCUT2D eigenvalue weighted by Gasteiger charge is 2.11. The Morgan fingerprint density at radius 1 is 1.19 bits per heavy atom. The van der Waals surface area contributed by atoms with Crippen LogP contribution in [0.2, 0.25) is 0 Å². The fourth-order valence-corrected chi connectivity index (χ4v) is 1.19. The lowest BCUT2D eigenvalue weighted by atomic mass is 10.1. The molecule has 3 heteroatoms. The van der Waals surface area contributed by atoms with Crippen molar-refractivity contribution in [2.45, 2.75) is 33.2 Å². The van der Waals surface area contributed by atoms with Crippen LogP contribution in [0.3, 0.4) is 0 Å². The van der Waals surface area contributed by atoms with E-state index in [9.17, 15) is 4.79 Å². The molecular weight excluding hydrogens is 200 g/mol. The standard InChI is InChI=1S/C13H20N2O/c1-10-5-7-11(8-6-10)15-12(16)9-14-13(2,3)4/h5-8,14H,9H2,1-4H3,(H,15,16). The first-order chi connectivity index (χ1) is 7.37. The van der Waals surface area contributed by atoms with Gasteiger partial charge in [0, 0.05) is 11.2 Å². The van der Waals surface area contributed by atoms with Crippen LogP contribution in [0.25, 0.3) is 0 Å². The van der Waals surface area contributed by atoms with Crippen LogP contribution in [0.5, 0.6) is 0 Å². The Balaban J connectivity index is 2.43. The normalized spacial score (nSPS) is 11.2. The molecule has 0 aliphatic heterocycles. The molecule has 2 N–H and O–H groups in total. The van der Waals surface area contributed by atoms with Gasteiger partial charge in [0.2, 0.25) is 5.91 Å². The van der Waals surface area contributed by atoms with Crippen molar-refractivity contribution in [1.29, 1.82) is 0 Å². The van der Waals surface area contributed by atoms with Crippen LogP contribution in [0.15, 0.2) is 24.3 Å². The van der Waals surface area contributed by atoms with Crippen molar-refractivity contribution in [1.82, 2.24) is 5.32 Å². The topological polar surface area (TPSA) is 41.1 Å². The number of aryl methyl sites for hydroxylation is 1. The molecule has 0 aliphatic rings. The van der Waals surface area contributed by atoms with Gasteiger partial charge in [0.05, 0.1) is 6.54 Å². The van der Waals surface area contributed by atoms with Gasteiger partial charge in [0.25, 0.3) is 0 Å². The first-order valence-electron chi connectivity index (χ1n) is 5.48. The van der Waals surface area contributed by atoms with Crippen molar-refractivity contribution >= 4 is 11.6 Å². The number of rotatable bonds is 3. The van der Waals surface area contributed by atoms with Gasteiger partial charge in [-0.2, -0.15) is 0 Å². The molecular formula is C13H20N2O. The summed E-state index contributed by atoms with van der Waals surface area (Å²) in [5, 5.41) is 5.98. The third-order valence-electron chi connectivity index (χ3n) is 2.11. The van der Waals surface area contributed by atoms with Crippen molar-refractivity contribution in [3.8, 4) is 0 Å². The summed E-state index contributed by atoms with van der Waals surface area (Å²) < 4.78 is 0. The second-order valence-electron chi connectivity index (χ2n) is 5.02. The maximum absolute atomic E-state index is 11.6. The highest BCUT2D eigenvalue weighted by Crippen LogP contribution is 2.08. The van der Waals surface area contributed by atoms with Gasteiger partial charge < -0.3 is 10.6 Å². The Labute approximate surface area is 97.2 Å². The number of nitrogens with one attached hydrogen (secondary N) is 2. The van der Waals surface area contributed by atoms with Crippen LogP contribution < -0.4 is 10.6 Å². The Kier molecular flexibility index (Phi) is 4.07. The van der Waals surface area contributed by atoms with Gasteiger partial charge >= 0.3 is 0 Å². The monoisotopic (exact) mass is 220 g/mol. The maximum Gasteiger partial charge on any atom is 0.238 e. The van der Waals surface area contributed by atoms with E-state index in [1.807, 2.05) is 52.0 Å². The maximum atomic E-state index is 11.6. The van der Waals surface area contributed by atoms with Crippen LogP contribution in [0.4, 0.5) is 5.69 Å². The summed E-state index contributed by atoms with van der Waals surface area (Å²) in [5.41, 5.74) is 1.99. The number of carbonyl (C=O) groups is 1. The zero-order chi connectivity index (χ0) is 12.2. The van der Waals surface area contributed by atoms with Gasteiger partial charge in [-0.3, -0.25) is 4.79 Å². The summed E-state index contributed by atoms with van der Waals surface area (Å²) in [4.78, 5) is 11.6. The molecule has 0 saturated heterocycles. The van der Waals surface area contributed by atoms with Gasteiger partial charge in [0.1, 0.15) is 0 Å². The molecule has 0 spiro atoms. The summed E-state index contributed by atoms with van der Waals surface area (Å²) in [5.74, 6) is -0.0150. The molecule has 0 bridgehead atoms. The molecule has 0 atom stereocenters. The average molecular weight is 220 g/mol. The minimum Gasteiger partial charge on any atom is -0.325 e. The van der Waals surface area contributed by atoms with Crippen LogP contribution >= 0.6 is 0 Å². The molecule has 1 rings (SSSR count). The summed E-state index contributed by atoms with van der Waals surface area (Å²) in [6, 6.07) is 7.77. The predicted molar refractivity (Wildman–Crippen MR) is 67.6 cm³/mol. The molecule has 88 valence electrons. The van der Waals surface area contributed by atoms with Crippen LogP contribution in [-0.2, 0) is 4.79 Å². The quantitative estimate of drug-likeness (QED) is 0.820. The number of benzene rings is 1. The van der Waals surface area contributed by atoms with E-state index < -0.39 is 0 Å². The van der Waals surface area contributed by atoms with E-state index in [0.29, 0.717) is 6.54 Å². The summed E-state index contributed by atoms with van der Waals surface area (Å²) in [6.07, 6.45) is 0. The van der Waals surface area contributed by atoms with Crippen LogP contribution in [-0.4, -0.2) is 18.0 Å². The van der Waals surface area contributed by atoms with Gasteiger partial charge in [-0.25, -0.2) is 0 Å². The Morgan fingerprint density at radius 2 is 1.75 bits per heavy atom. The molecule has 1 aromatic carbocycles. The smallest absolute Gasteiger partial charge is 0.238 e. The van der Waals surface area contributed by atoms with Gasteiger partial charge in [0.15, 0.2) is 0 Å². The predicted octanol–water partition coefficient (Wildman–Crippen LogP) is 2.32. The minimum absolute atomic E-state index is 0.0150. The lowest BCUT2D eigenvalue weighted by Crippen LogP contribution is -2.41. The van der Waals surface area contributed by atoms with E-state index in [1.165, 1.54) is 5.56 Å². The average Bonchev–Trinajstić information content (AvgIpc) is 2.18. The van der Waals surface area contributed by atoms with Crippen molar-refractivity contribution in [2.75, 3.05) is 11.9 Å². The number of anilines is 1. The first-order valence-corrected chi connectivity index (χ1v) is 5.48. The zero-order valence-corrected chi connectivity index (χ0v) is 10.4. The molecule has 1 aromatic rings. The molecule has 16 heavy (non-hydrogen) atoms. The Hall–Kier alpha value is -1.35. The highest BCUT2D eigenvalue weighted by atomic mass is 16.1. The highest BCUT2D eigenvalue weighted by molar-refractivity contribution is 5.92. The Bertz CT molecular complexity index is 349. The lowest BCUT2D eigenvalue weighted by Gasteiger charge is -2.20. The van der Waals surface area contributed by atoms with Crippen LogP contribution in [0, 0.1) is 6.92 Å². The number of hydrogen-bond donors (Lipinski definition) is 2. The summed E-state index contributed by atoms with van der Waals surface area (Å²) in [6.45, 7) is 8.45. The van der Waals surface area contributed by atoms with Gasteiger partial charge in [-0.05, 0) is 39.8 Å². The molecule has 0 aromatic heterocycles. The lowest BCUT2D eigenvalue weighted by molar-refractivity contribution is -0.115. The zero-order valence-electron chi connectivity index (χ0n) is 10.4. The third-order valence-corrected chi connectivity index (χ3v) is 2.11. The number of amides is 1. The van der Waals surface area contributed by atoms with Crippen molar-refractivity contribution < 1.29 is 4.79 Å². The first kappa shape index (κ1) is 12.7. The van der Waals surface area contributed by atoms with Crippen molar-refractivity contribution in [2.24, 2.45) is 0 Å². The molecule has 0 unspecified atom stereocenters. The van der Waals surface area contributed by atoms with Crippen LogP contribution in [0.1, 0.15) is 26.3 Å². The molecule has 0 saturated carbocycles. The van der Waals surface area contributed by atoms with Crippen molar-refractivity contribution in [3.05, 3.63) is 29.8 Å². The van der Waals surface area contributed by atoms with E-state index in [4.69, 9.17) is 0 Å². The van der Waals surface area contributed by atoms with Crippen molar-refractivity contribution in [3.63, 3.8) is 0 Å². The van der Waals surface area contributed by atoms with Gasteiger partial charge in [-0.15, -0.1) is 0 Å².